The number of rotatable bonds is 6. The number of benzene rings is 2. The van der Waals surface area contributed by atoms with Crippen LogP contribution in [0.1, 0.15) is 19.4 Å². The Bertz CT molecular complexity index is 1370. The number of aromatic nitrogens is 2. The van der Waals surface area contributed by atoms with Gasteiger partial charge in [0.2, 0.25) is 15.9 Å². The Balaban J connectivity index is 1.47. The van der Waals surface area contributed by atoms with Crippen LogP contribution in [0.4, 0.5) is 5.69 Å². The van der Waals surface area contributed by atoms with E-state index < -0.39 is 10.0 Å². The van der Waals surface area contributed by atoms with Crippen LogP contribution in [0.25, 0.3) is 11.3 Å². The largest absolute Gasteiger partial charge is 0.309 e. The van der Waals surface area contributed by atoms with Crippen LogP contribution in [0, 0.1) is 0 Å². The molecule has 1 N–H and O–H groups in total. The van der Waals surface area contributed by atoms with Gasteiger partial charge in [-0.25, -0.2) is 17.8 Å². The number of nitrogens with zero attached hydrogens (tertiary/aromatic N) is 3. The summed E-state index contributed by atoms with van der Waals surface area (Å²) in [5.74, 6) is -0.0752. The fourth-order valence-corrected chi connectivity index (χ4v) is 5.20. The number of sulfonamides is 1. The number of nitrogens with one attached hydrogen (secondary N) is 1. The maximum Gasteiger partial charge on any atom is 0.266 e. The van der Waals surface area contributed by atoms with E-state index in [-0.39, 0.29) is 35.5 Å². The fourth-order valence-electron chi connectivity index (χ4n) is 4.01. The predicted octanol–water partition coefficient (Wildman–Crippen LogP) is 2.84. The summed E-state index contributed by atoms with van der Waals surface area (Å²) in [5.41, 5.74) is 2.60. The number of carbonyl (C=O) groups excluding carboxylic acids is 1. The van der Waals surface area contributed by atoms with Gasteiger partial charge in [0, 0.05) is 41.9 Å². The summed E-state index contributed by atoms with van der Waals surface area (Å²) in [5, 5.41) is 4.93. The normalized spacial score (nSPS) is 15.5. The first kappa shape index (κ1) is 23.2. The van der Waals surface area contributed by atoms with E-state index in [4.69, 9.17) is 11.6 Å². The van der Waals surface area contributed by atoms with Gasteiger partial charge in [-0.05, 0) is 55.3 Å². The molecule has 1 amide bonds. The molecule has 4 rings (SSSR count). The molecule has 0 saturated heterocycles. The van der Waals surface area contributed by atoms with Crippen LogP contribution in [-0.2, 0) is 27.8 Å². The number of hydrogen-bond donors (Lipinski definition) is 1. The molecule has 0 bridgehead atoms. The molecule has 8 nitrogen and oxygen atoms in total. The van der Waals surface area contributed by atoms with Gasteiger partial charge in [0.05, 0.1) is 17.1 Å². The quantitative estimate of drug-likeness (QED) is 0.577. The minimum Gasteiger partial charge on any atom is -0.309 e. The number of carbonyl (C=O) groups is 1. The lowest BCUT2D eigenvalue weighted by molar-refractivity contribution is -0.116. The van der Waals surface area contributed by atoms with Crippen molar-refractivity contribution in [2.75, 3.05) is 11.4 Å². The number of amides is 1. The van der Waals surface area contributed by atoms with Gasteiger partial charge in [0.25, 0.3) is 5.56 Å². The third-order valence-electron chi connectivity index (χ3n) is 5.54. The molecule has 1 aliphatic rings. The highest BCUT2D eigenvalue weighted by Crippen LogP contribution is 2.33. The van der Waals surface area contributed by atoms with Crippen molar-refractivity contribution in [2.24, 2.45) is 0 Å². The molecule has 1 aliphatic heterocycles. The molecule has 2 aromatic carbocycles. The molecule has 172 valence electrons. The monoisotopic (exact) mass is 486 g/mol. The maximum atomic E-state index is 12.8. The number of hydrogen-bond acceptors (Lipinski definition) is 5. The average molecular weight is 487 g/mol. The predicted molar refractivity (Wildman–Crippen MR) is 127 cm³/mol. The van der Waals surface area contributed by atoms with E-state index in [1.165, 1.54) is 23.7 Å². The van der Waals surface area contributed by atoms with Crippen LogP contribution in [-0.4, -0.2) is 36.7 Å². The lowest BCUT2D eigenvalue weighted by Crippen LogP contribution is -2.33. The molecule has 0 spiro atoms. The average Bonchev–Trinajstić information content (AvgIpc) is 3.10. The van der Waals surface area contributed by atoms with Gasteiger partial charge in [0.1, 0.15) is 0 Å². The van der Waals surface area contributed by atoms with Crippen molar-refractivity contribution >= 4 is 33.2 Å². The molecule has 0 saturated carbocycles. The van der Waals surface area contributed by atoms with Gasteiger partial charge in [0.15, 0.2) is 0 Å². The van der Waals surface area contributed by atoms with Gasteiger partial charge in [-0.1, -0.05) is 23.7 Å². The molecule has 1 atom stereocenters. The molecule has 33 heavy (non-hydrogen) atoms. The summed E-state index contributed by atoms with van der Waals surface area (Å²) in [7, 11) is -3.80. The summed E-state index contributed by atoms with van der Waals surface area (Å²) in [4.78, 5) is 25.9. The molecule has 0 aliphatic carbocycles. The molecule has 0 fully saturated rings. The zero-order valence-electron chi connectivity index (χ0n) is 18.2. The first-order valence-corrected chi connectivity index (χ1v) is 12.3. The highest BCUT2D eigenvalue weighted by molar-refractivity contribution is 7.89. The summed E-state index contributed by atoms with van der Waals surface area (Å²) in [6.07, 6.45) is 0.592. The molecule has 2 heterocycles. The molecule has 0 unspecified atom stereocenters. The van der Waals surface area contributed by atoms with Crippen molar-refractivity contribution in [3.05, 3.63) is 75.5 Å². The van der Waals surface area contributed by atoms with Crippen LogP contribution in [0.2, 0.25) is 5.02 Å². The van der Waals surface area contributed by atoms with E-state index >= 15 is 0 Å². The standard InChI is InChI=1S/C23H23ClN4O4S/c1-15-13-18-14-20(7-9-22(18)28(15)16(2)29)33(31,32)25-11-12-27-23(30)10-8-21(26-27)17-3-5-19(24)6-4-17/h3-10,14-15,25H,11-13H2,1-2H3/t15-/m0/s1. The molecule has 1 aromatic heterocycles. The highest BCUT2D eigenvalue weighted by atomic mass is 35.5. The Morgan fingerprint density at radius 2 is 1.88 bits per heavy atom. The number of halogens is 1. The zero-order chi connectivity index (χ0) is 23.8. The zero-order valence-corrected chi connectivity index (χ0v) is 19.7. The van der Waals surface area contributed by atoms with Crippen molar-refractivity contribution in [3.8, 4) is 11.3 Å². The van der Waals surface area contributed by atoms with E-state index in [1.54, 1.807) is 47.4 Å². The number of fused-ring (bicyclic) bond motifs is 1. The third kappa shape index (κ3) is 4.85. The second-order valence-electron chi connectivity index (χ2n) is 7.92. The van der Waals surface area contributed by atoms with Crippen molar-refractivity contribution in [1.82, 2.24) is 14.5 Å². The van der Waals surface area contributed by atoms with E-state index in [1.807, 2.05) is 6.92 Å². The van der Waals surface area contributed by atoms with Crippen LogP contribution in [0.15, 0.2) is 64.3 Å². The van der Waals surface area contributed by atoms with E-state index in [0.717, 1.165) is 16.8 Å². The van der Waals surface area contributed by atoms with Gasteiger partial charge >= 0.3 is 0 Å². The van der Waals surface area contributed by atoms with E-state index in [9.17, 15) is 18.0 Å². The van der Waals surface area contributed by atoms with Crippen LogP contribution >= 0.6 is 11.6 Å². The fraction of sp³-hybridized carbons (Fsp3) is 0.261. The Morgan fingerprint density at radius 1 is 1.15 bits per heavy atom. The summed E-state index contributed by atoms with van der Waals surface area (Å²) < 4.78 is 29.4. The molecular weight excluding hydrogens is 464 g/mol. The minimum atomic E-state index is -3.80. The molecular formula is C23H23ClN4O4S. The maximum absolute atomic E-state index is 12.8. The lowest BCUT2D eigenvalue weighted by Gasteiger charge is -2.20. The smallest absolute Gasteiger partial charge is 0.266 e. The summed E-state index contributed by atoms with van der Waals surface area (Å²) in [6, 6.07) is 14.8. The highest BCUT2D eigenvalue weighted by Gasteiger charge is 2.30. The van der Waals surface area contributed by atoms with Crippen molar-refractivity contribution in [2.45, 2.75) is 37.8 Å². The minimum absolute atomic E-state index is 0.00757. The van der Waals surface area contributed by atoms with Gasteiger partial charge in [-0.3, -0.25) is 9.59 Å². The Labute approximate surface area is 196 Å². The first-order chi connectivity index (χ1) is 15.7. The molecule has 10 heteroatoms. The van der Waals surface area contributed by atoms with Crippen LogP contribution in [0.3, 0.4) is 0 Å². The number of anilines is 1. The molecule has 0 radical (unpaired) electrons. The first-order valence-electron chi connectivity index (χ1n) is 10.4. The van der Waals surface area contributed by atoms with E-state index in [2.05, 4.69) is 9.82 Å². The van der Waals surface area contributed by atoms with Crippen LogP contribution < -0.4 is 15.2 Å². The van der Waals surface area contributed by atoms with Gasteiger partial charge < -0.3 is 4.90 Å². The third-order valence-corrected chi connectivity index (χ3v) is 7.25. The SMILES string of the molecule is CC(=O)N1c2ccc(S(=O)(=O)NCCn3nc(-c4ccc(Cl)cc4)ccc3=O)cc2C[C@@H]1C. The van der Waals surface area contributed by atoms with Crippen LogP contribution in [0.5, 0.6) is 0 Å². The summed E-state index contributed by atoms with van der Waals surface area (Å²) in [6.45, 7) is 3.48. The van der Waals surface area contributed by atoms with Crippen molar-refractivity contribution < 1.29 is 13.2 Å². The Kier molecular flexibility index (Phi) is 6.38. The van der Waals surface area contributed by atoms with Gasteiger partial charge in [-0.15, -0.1) is 0 Å². The van der Waals surface area contributed by atoms with Gasteiger partial charge in [-0.2, -0.15) is 5.10 Å². The van der Waals surface area contributed by atoms with E-state index in [0.29, 0.717) is 17.1 Å². The topological polar surface area (TPSA) is 101 Å². The molecule has 3 aromatic rings. The lowest BCUT2D eigenvalue weighted by atomic mass is 10.1. The Hall–Kier alpha value is -3.01. The Morgan fingerprint density at radius 3 is 2.58 bits per heavy atom. The summed E-state index contributed by atoms with van der Waals surface area (Å²) >= 11 is 5.92. The second-order valence-corrected chi connectivity index (χ2v) is 10.1. The second kappa shape index (κ2) is 9.09. The van der Waals surface area contributed by atoms with Crippen molar-refractivity contribution in [3.63, 3.8) is 0 Å². The van der Waals surface area contributed by atoms with Crippen molar-refractivity contribution in [1.29, 1.82) is 0 Å².